The fourth-order valence-electron chi connectivity index (χ4n) is 4.33. The molecule has 3 unspecified atom stereocenters. The Bertz CT molecular complexity index is 1240. The molecule has 0 amide bonds. The summed E-state index contributed by atoms with van der Waals surface area (Å²) in [4.78, 5) is 41.3. The van der Waals surface area contributed by atoms with E-state index in [1.807, 2.05) is 0 Å². The predicted molar refractivity (Wildman–Crippen MR) is 137 cm³/mol. The van der Waals surface area contributed by atoms with Gasteiger partial charge in [-0.2, -0.15) is 0 Å². The number of non-ortho nitro benzene ring substituents is 1. The topological polar surface area (TPSA) is 158 Å². The molecule has 3 rings (SSSR count). The first-order valence-corrected chi connectivity index (χ1v) is 12.0. The highest BCUT2D eigenvalue weighted by Crippen LogP contribution is 2.41. The summed E-state index contributed by atoms with van der Waals surface area (Å²) in [5, 5.41) is 29.9. The average molecular weight is 527 g/mol. The Morgan fingerprint density at radius 2 is 1.87 bits per heavy atom. The van der Waals surface area contributed by atoms with Crippen molar-refractivity contribution in [2.75, 3.05) is 20.3 Å². The highest BCUT2D eigenvalue weighted by molar-refractivity contribution is 6.07. The van der Waals surface area contributed by atoms with Gasteiger partial charge in [-0.25, -0.2) is 4.79 Å². The molecule has 0 radical (unpaired) electrons. The second-order valence-electron chi connectivity index (χ2n) is 8.70. The molecule has 202 valence electrons. The van der Waals surface area contributed by atoms with Crippen LogP contribution in [-0.4, -0.2) is 59.4 Å². The predicted octanol–water partition coefficient (Wildman–Crippen LogP) is 3.08. The van der Waals surface area contributed by atoms with Crippen molar-refractivity contribution in [1.82, 2.24) is 0 Å². The Hall–Kier alpha value is -4.09. The summed E-state index contributed by atoms with van der Waals surface area (Å²) < 4.78 is 15.8. The van der Waals surface area contributed by atoms with Gasteiger partial charge in [-0.3, -0.25) is 19.9 Å². The molecule has 2 aromatic carbocycles. The van der Waals surface area contributed by atoms with Crippen molar-refractivity contribution in [2.24, 2.45) is 10.9 Å². The van der Waals surface area contributed by atoms with Crippen LogP contribution in [0.4, 0.5) is 5.69 Å². The number of carbonyl (C=O) groups is 2. The monoisotopic (exact) mass is 526 g/mol. The van der Waals surface area contributed by atoms with Crippen LogP contribution in [0.1, 0.15) is 37.3 Å². The number of allylic oxidation sites excluding steroid dienone is 1. The molecule has 2 aromatic rings. The van der Waals surface area contributed by atoms with Crippen LogP contribution in [0.5, 0.6) is 5.75 Å². The first-order valence-electron chi connectivity index (χ1n) is 12.0. The number of aliphatic hydroxyl groups excluding tert-OH is 2. The number of methoxy groups -OCH3 is 1. The minimum absolute atomic E-state index is 0.0240. The molecular weight excluding hydrogens is 496 g/mol. The summed E-state index contributed by atoms with van der Waals surface area (Å²) >= 11 is 0. The number of nitro benzene ring substituents is 1. The molecule has 0 spiro atoms. The lowest BCUT2D eigenvalue weighted by atomic mass is 9.75. The van der Waals surface area contributed by atoms with E-state index in [1.165, 1.54) is 25.3 Å². The molecule has 3 atom stereocenters. The van der Waals surface area contributed by atoms with E-state index < -0.39 is 35.0 Å². The lowest BCUT2D eigenvalue weighted by Gasteiger charge is -2.31. The highest BCUT2D eigenvalue weighted by Gasteiger charge is 2.42. The molecule has 0 saturated heterocycles. The molecular formula is C27H30N2O9. The van der Waals surface area contributed by atoms with Crippen LogP contribution in [0.25, 0.3) is 0 Å². The van der Waals surface area contributed by atoms with Crippen molar-refractivity contribution >= 4 is 23.3 Å². The molecule has 0 aliphatic carbocycles. The number of carbonyl (C=O) groups excluding carboxylic acids is 2. The Morgan fingerprint density at radius 1 is 1.16 bits per heavy atom. The SMILES string of the molecule is COC(=O)C1C(C)=NC(C)=C(C(=O)OCCc2ccc(OC(O)CCO)cc2)C1c1cccc([N+](=O)[O-])c1. The van der Waals surface area contributed by atoms with Crippen LogP contribution in [-0.2, 0) is 25.5 Å². The summed E-state index contributed by atoms with van der Waals surface area (Å²) in [6, 6.07) is 12.6. The Labute approximate surface area is 219 Å². The van der Waals surface area contributed by atoms with E-state index in [4.69, 9.17) is 19.3 Å². The average Bonchev–Trinajstić information content (AvgIpc) is 2.89. The molecule has 1 aliphatic heterocycles. The van der Waals surface area contributed by atoms with Crippen LogP contribution in [0.2, 0.25) is 0 Å². The van der Waals surface area contributed by atoms with Crippen molar-refractivity contribution in [3.63, 3.8) is 0 Å². The van der Waals surface area contributed by atoms with Crippen molar-refractivity contribution in [3.8, 4) is 5.75 Å². The van der Waals surface area contributed by atoms with E-state index in [-0.39, 0.29) is 30.9 Å². The van der Waals surface area contributed by atoms with Crippen LogP contribution in [0.15, 0.2) is 64.8 Å². The van der Waals surface area contributed by atoms with Gasteiger partial charge in [0.2, 0.25) is 0 Å². The molecule has 1 heterocycles. The standard InChI is InChI=1S/C27H30N2O9/c1-16-23(26(32)36-3)25(19-5-4-6-20(15-19)29(34)35)24(17(2)28-16)27(33)37-14-12-18-7-9-21(10-8-18)38-22(31)11-13-30/h4-10,15,22-23,25,30-31H,11-14H2,1-3H3. The zero-order chi connectivity index (χ0) is 27.8. The smallest absolute Gasteiger partial charge is 0.336 e. The van der Waals surface area contributed by atoms with Crippen LogP contribution >= 0.6 is 0 Å². The third-order valence-corrected chi connectivity index (χ3v) is 6.14. The first kappa shape index (κ1) is 28.5. The lowest BCUT2D eigenvalue weighted by molar-refractivity contribution is -0.384. The molecule has 1 aliphatic rings. The molecule has 11 nitrogen and oxygen atoms in total. The number of benzene rings is 2. The van der Waals surface area contributed by atoms with Gasteiger partial charge in [0.15, 0.2) is 6.29 Å². The molecule has 0 bridgehead atoms. The maximum Gasteiger partial charge on any atom is 0.336 e. The van der Waals surface area contributed by atoms with E-state index in [0.717, 1.165) is 5.56 Å². The van der Waals surface area contributed by atoms with Gasteiger partial charge in [0.25, 0.3) is 5.69 Å². The summed E-state index contributed by atoms with van der Waals surface area (Å²) in [5.74, 6) is -2.71. The fraction of sp³-hybridized carbons (Fsp3) is 0.370. The lowest BCUT2D eigenvalue weighted by Crippen LogP contribution is -2.36. The van der Waals surface area contributed by atoms with Gasteiger partial charge < -0.3 is 24.4 Å². The van der Waals surface area contributed by atoms with E-state index in [1.54, 1.807) is 44.2 Å². The normalized spacial score (nSPS) is 17.9. The number of aliphatic imine (C=N–C) groups is 1. The van der Waals surface area contributed by atoms with Gasteiger partial charge >= 0.3 is 11.9 Å². The van der Waals surface area contributed by atoms with Gasteiger partial charge in [-0.05, 0) is 37.1 Å². The number of aliphatic hydroxyl groups is 2. The molecule has 0 saturated carbocycles. The van der Waals surface area contributed by atoms with Crippen molar-refractivity contribution in [1.29, 1.82) is 0 Å². The van der Waals surface area contributed by atoms with Crippen LogP contribution in [0, 0.1) is 16.0 Å². The Balaban J connectivity index is 1.80. The maximum atomic E-state index is 13.3. The summed E-state index contributed by atoms with van der Waals surface area (Å²) in [7, 11) is 1.23. The third-order valence-electron chi connectivity index (χ3n) is 6.14. The van der Waals surface area contributed by atoms with Crippen molar-refractivity contribution < 1.29 is 38.9 Å². The zero-order valence-corrected chi connectivity index (χ0v) is 21.3. The molecule has 2 N–H and O–H groups in total. The van der Waals surface area contributed by atoms with Crippen LogP contribution in [0.3, 0.4) is 0 Å². The van der Waals surface area contributed by atoms with Gasteiger partial charge in [-0.15, -0.1) is 0 Å². The molecule has 0 fully saturated rings. The Morgan fingerprint density at radius 3 is 2.50 bits per heavy atom. The number of nitrogens with zero attached hydrogens (tertiary/aromatic N) is 2. The number of ether oxygens (including phenoxy) is 3. The Kier molecular flexibility index (Phi) is 9.69. The number of hydrogen-bond acceptors (Lipinski definition) is 10. The van der Waals surface area contributed by atoms with E-state index in [0.29, 0.717) is 29.1 Å². The largest absolute Gasteiger partial charge is 0.468 e. The minimum atomic E-state index is -1.11. The molecule has 11 heteroatoms. The van der Waals surface area contributed by atoms with E-state index in [9.17, 15) is 24.8 Å². The second kappa shape index (κ2) is 12.9. The molecule has 38 heavy (non-hydrogen) atoms. The summed E-state index contributed by atoms with van der Waals surface area (Å²) in [6.45, 7) is 3.10. The number of esters is 2. The summed E-state index contributed by atoms with van der Waals surface area (Å²) in [5.41, 5.74) is 1.98. The molecule has 0 aromatic heterocycles. The highest BCUT2D eigenvalue weighted by atomic mass is 16.6. The van der Waals surface area contributed by atoms with Crippen molar-refractivity contribution in [2.45, 2.75) is 38.9 Å². The van der Waals surface area contributed by atoms with E-state index in [2.05, 4.69) is 4.99 Å². The van der Waals surface area contributed by atoms with Gasteiger partial charge in [-0.1, -0.05) is 24.3 Å². The first-order chi connectivity index (χ1) is 18.2. The van der Waals surface area contributed by atoms with Crippen molar-refractivity contribution in [3.05, 3.63) is 81.0 Å². The summed E-state index contributed by atoms with van der Waals surface area (Å²) in [6.07, 6.45) is -0.648. The van der Waals surface area contributed by atoms with Gasteiger partial charge in [0, 0.05) is 48.9 Å². The number of rotatable bonds is 11. The quantitative estimate of drug-likeness (QED) is 0.194. The van der Waals surface area contributed by atoms with E-state index >= 15 is 0 Å². The zero-order valence-electron chi connectivity index (χ0n) is 21.3. The third kappa shape index (κ3) is 6.81. The minimum Gasteiger partial charge on any atom is -0.468 e. The fourth-order valence-corrected chi connectivity index (χ4v) is 4.33. The van der Waals surface area contributed by atoms with Gasteiger partial charge in [0.1, 0.15) is 11.7 Å². The maximum absolute atomic E-state index is 13.3. The number of nitro groups is 1. The van der Waals surface area contributed by atoms with Crippen LogP contribution < -0.4 is 4.74 Å². The second-order valence-corrected chi connectivity index (χ2v) is 8.70. The number of hydrogen-bond donors (Lipinski definition) is 2. The van der Waals surface area contributed by atoms with Gasteiger partial charge in [0.05, 0.1) is 24.2 Å².